The molecule has 1 rings (SSSR count). The molecule has 1 N–H and O–H groups in total. The second kappa shape index (κ2) is 6.48. The van der Waals surface area contributed by atoms with Gasteiger partial charge in [0.2, 0.25) is 0 Å². The van der Waals surface area contributed by atoms with E-state index in [1.165, 1.54) is 5.56 Å². The molecule has 0 unspecified atom stereocenters. The molecule has 3 nitrogen and oxygen atoms in total. The maximum atomic E-state index is 4.35. The highest BCUT2D eigenvalue weighted by molar-refractivity contribution is 5.39. The molecule has 0 amide bonds. The Kier molecular flexibility index (Phi) is 5.26. The van der Waals surface area contributed by atoms with Crippen molar-refractivity contribution in [3.8, 4) is 0 Å². The van der Waals surface area contributed by atoms with Crippen LogP contribution in [0.3, 0.4) is 0 Å². The van der Waals surface area contributed by atoms with E-state index in [1.807, 2.05) is 12.3 Å². The Bertz CT molecular complexity index is 310. The van der Waals surface area contributed by atoms with Crippen LogP contribution in [0.1, 0.15) is 19.4 Å². The molecule has 90 valence electrons. The van der Waals surface area contributed by atoms with Crippen molar-refractivity contribution in [2.45, 2.75) is 20.8 Å². The average molecular weight is 221 g/mol. The van der Waals surface area contributed by atoms with Crippen LogP contribution in [0.15, 0.2) is 18.3 Å². The topological polar surface area (TPSA) is 28.2 Å². The standard InChI is InChI=1S/C13H23N3/c1-11(2)10-14-7-8-16(4)13-9-12(3)5-6-15-13/h5-6,9,11,14H,7-8,10H2,1-4H3. The van der Waals surface area contributed by atoms with Crippen LogP contribution >= 0.6 is 0 Å². The Hall–Kier alpha value is -1.09. The maximum absolute atomic E-state index is 4.35. The third-order valence-corrected chi connectivity index (χ3v) is 2.47. The number of likely N-dealkylation sites (N-methyl/N-ethyl adjacent to an activating group) is 1. The summed E-state index contributed by atoms with van der Waals surface area (Å²) in [5.41, 5.74) is 1.26. The Labute approximate surface area is 98.9 Å². The van der Waals surface area contributed by atoms with Crippen LogP contribution < -0.4 is 10.2 Å². The summed E-state index contributed by atoms with van der Waals surface area (Å²) >= 11 is 0. The zero-order valence-corrected chi connectivity index (χ0v) is 10.8. The molecule has 3 heteroatoms. The zero-order valence-electron chi connectivity index (χ0n) is 10.8. The van der Waals surface area contributed by atoms with Gasteiger partial charge in [-0.3, -0.25) is 0 Å². The van der Waals surface area contributed by atoms with E-state index in [-0.39, 0.29) is 0 Å². The van der Waals surface area contributed by atoms with Crippen molar-refractivity contribution in [3.05, 3.63) is 23.9 Å². The van der Waals surface area contributed by atoms with Gasteiger partial charge in [0, 0.05) is 26.3 Å². The van der Waals surface area contributed by atoms with Gasteiger partial charge < -0.3 is 10.2 Å². The van der Waals surface area contributed by atoms with Gasteiger partial charge in [-0.2, -0.15) is 0 Å². The minimum atomic E-state index is 0.711. The summed E-state index contributed by atoms with van der Waals surface area (Å²) in [6, 6.07) is 4.14. The second-order valence-corrected chi connectivity index (χ2v) is 4.71. The predicted molar refractivity (Wildman–Crippen MR) is 70.0 cm³/mol. The van der Waals surface area contributed by atoms with Gasteiger partial charge in [0.1, 0.15) is 5.82 Å². The highest BCUT2D eigenvalue weighted by Gasteiger charge is 2.01. The Balaban J connectivity index is 2.32. The number of hydrogen-bond acceptors (Lipinski definition) is 3. The Morgan fingerprint density at radius 2 is 2.19 bits per heavy atom. The summed E-state index contributed by atoms with van der Waals surface area (Å²) in [5.74, 6) is 1.76. The maximum Gasteiger partial charge on any atom is 0.128 e. The zero-order chi connectivity index (χ0) is 12.0. The van der Waals surface area contributed by atoms with Crippen LogP contribution in [0.2, 0.25) is 0 Å². The molecule has 16 heavy (non-hydrogen) atoms. The number of aromatic nitrogens is 1. The molecule has 0 spiro atoms. The van der Waals surface area contributed by atoms with E-state index in [9.17, 15) is 0 Å². The summed E-state index contributed by atoms with van der Waals surface area (Å²) in [7, 11) is 2.08. The normalized spacial score (nSPS) is 10.8. The summed E-state index contributed by atoms with van der Waals surface area (Å²) in [5, 5.41) is 3.43. The highest BCUT2D eigenvalue weighted by atomic mass is 15.2. The first-order valence-corrected chi connectivity index (χ1v) is 5.94. The number of rotatable bonds is 6. The monoisotopic (exact) mass is 221 g/mol. The van der Waals surface area contributed by atoms with E-state index >= 15 is 0 Å². The number of anilines is 1. The van der Waals surface area contributed by atoms with Gasteiger partial charge in [0.05, 0.1) is 0 Å². The predicted octanol–water partition coefficient (Wildman–Crippen LogP) is 2.07. The molecule has 1 heterocycles. The van der Waals surface area contributed by atoms with Crippen molar-refractivity contribution < 1.29 is 0 Å². The van der Waals surface area contributed by atoms with Crippen LogP contribution in [-0.2, 0) is 0 Å². The van der Waals surface area contributed by atoms with Gasteiger partial charge in [0.25, 0.3) is 0 Å². The van der Waals surface area contributed by atoms with Gasteiger partial charge in [-0.1, -0.05) is 13.8 Å². The Morgan fingerprint density at radius 1 is 1.44 bits per heavy atom. The van der Waals surface area contributed by atoms with Gasteiger partial charge in [0.15, 0.2) is 0 Å². The molecule has 0 radical (unpaired) electrons. The Morgan fingerprint density at radius 3 is 2.81 bits per heavy atom. The molecule has 0 aromatic carbocycles. The van der Waals surface area contributed by atoms with Crippen LogP contribution in [0.25, 0.3) is 0 Å². The number of hydrogen-bond donors (Lipinski definition) is 1. The van der Waals surface area contributed by atoms with E-state index in [0.29, 0.717) is 5.92 Å². The van der Waals surface area contributed by atoms with Crippen molar-refractivity contribution in [2.75, 3.05) is 31.6 Å². The van der Waals surface area contributed by atoms with Crippen LogP contribution in [0, 0.1) is 12.8 Å². The van der Waals surface area contributed by atoms with E-state index < -0.39 is 0 Å². The van der Waals surface area contributed by atoms with Gasteiger partial charge in [-0.25, -0.2) is 4.98 Å². The fourth-order valence-electron chi connectivity index (χ4n) is 1.48. The molecule has 0 saturated heterocycles. The third-order valence-electron chi connectivity index (χ3n) is 2.47. The molecular weight excluding hydrogens is 198 g/mol. The summed E-state index contributed by atoms with van der Waals surface area (Å²) < 4.78 is 0. The molecule has 0 aliphatic carbocycles. The quantitative estimate of drug-likeness (QED) is 0.745. The van der Waals surface area contributed by atoms with Crippen molar-refractivity contribution >= 4 is 5.82 Å². The van der Waals surface area contributed by atoms with E-state index in [1.54, 1.807) is 0 Å². The van der Waals surface area contributed by atoms with Crippen LogP contribution in [0.5, 0.6) is 0 Å². The molecule has 0 aliphatic rings. The van der Waals surface area contributed by atoms with Crippen LogP contribution in [-0.4, -0.2) is 31.7 Å². The average Bonchev–Trinajstić information content (AvgIpc) is 2.24. The smallest absolute Gasteiger partial charge is 0.128 e. The number of aryl methyl sites for hydroxylation is 1. The van der Waals surface area contributed by atoms with E-state index in [4.69, 9.17) is 0 Å². The molecule has 0 fully saturated rings. The lowest BCUT2D eigenvalue weighted by molar-refractivity contribution is 0.554. The first-order valence-electron chi connectivity index (χ1n) is 5.94. The minimum Gasteiger partial charge on any atom is -0.358 e. The first-order chi connectivity index (χ1) is 7.59. The first kappa shape index (κ1) is 13.0. The van der Waals surface area contributed by atoms with Gasteiger partial charge in [-0.15, -0.1) is 0 Å². The molecule has 1 aromatic heterocycles. The molecule has 0 saturated carbocycles. The van der Waals surface area contributed by atoms with Gasteiger partial charge in [-0.05, 0) is 37.1 Å². The summed E-state index contributed by atoms with van der Waals surface area (Å²) in [4.78, 5) is 6.53. The fraction of sp³-hybridized carbons (Fsp3) is 0.615. The van der Waals surface area contributed by atoms with Crippen molar-refractivity contribution in [1.29, 1.82) is 0 Å². The second-order valence-electron chi connectivity index (χ2n) is 4.71. The van der Waals surface area contributed by atoms with Crippen molar-refractivity contribution in [3.63, 3.8) is 0 Å². The molecule has 0 bridgehead atoms. The lowest BCUT2D eigenvalue weighted by atomic mass is 10.2. The highest BCUT2D eigenvalue weighted by Crippen LogP contribution is 2.09. The molecule has 0 aliphatic heterocycles. The van der Waals surface area contributed by atoms with Crippen molar-refractivity contribution in [2.24, 2.45) is 5.92 Å². The summed E-state index contributed by atoms with van der Waals surface area (Å²) in [6.45, 7) is 9.61. The van der Waals surface area contributed by atoms with E-state index in [0.717, 1.165) is 25.5 Å². The third kappa shape index (κ3) is 4.62. The van der Waals surface area contributed by atoms with Crippen molar-refractivity contribution in [1.82, 2.24) is 10.3 Å². The minimum absolute atomic E-state index is 0.711. The SMILES string of the molecule is Cc1ccnc(N(C)CCNCC(C)C)c1. The lowest BCUT2D eigenvalue weighted by Gasteiger charge is -2.19. The number of nitrogens with one attached hydrogen (secondary N) is 1. The lowest BCUT2D eigenvalue weighted by Crippen LogP contribution is -2.31. The van der Waals surface area contributed by atoms with E-state index in [2.05, 4.69) is 49.1 Å². The molecular formula is C13H23N3. The number of nitrogens with zero attached hydrogens (tertiary/aromatic N) is 2. The fourth-order valence-corrected chi connectivity index (χ4v) is 1.48. The number of pyridine rings is 1. The summed E-state index contributed by atoms with van der Waals surface area (Å²) in [6.07, 6.45) is 1.86. The molecule has 1 aromatic rings. The largest absolute Gasteiger partial charge is 0.358 e. The van der Waals surface area contributed by atoms with Gasteiger partial charge >= 0.3 is 0 Å². The van der Waals surface area contributed by atoms with Crippen LogP contribution in [0.4, 0.5) is 5.82 Å². The molecule has 0 atom stereocenters.